The van der Waals surface area contributed by atoms with Crippen LogP contribution in [0.25, 0.3) is 0 Å². The summed E-state index contributed by atoms with van der Waals surface area (Å²) in [6.07, 6.45) is -3.85. The number of nitrogens with one attached hydrogen (secondary N) is 1. The number of benzene rings is 2. The van der Waals surface area contributed by atoms with Crippen LogP contribution in [-0.4, -0.2) is 22.3 Å². The van der Waals surface area contributed by atoms with Crippen molar-refractivity contribution in [2.45, 2.75) is 25.7 Å². The molecule has 2 aromatic carbocycles. The number of rotatable bonds is 4. The SMILES string of the molecule is O=C(Nc1nc2c(s1)CN(Cc1ccccc1)CC2)c1ccccc1C(F)(F)F. The predicted octanol–water partition coefficient (Wildman–Crippen LogP) is 4.97. The maximum absolute atomic E-state index is 13.2. The molecule has 2 heterocycles. The molecule has 150 valence electrons. The molecule has 0 aliphatic carbocycles. The smallest absolute Gasteiger partial charge is 0.298 e. The first-order valence-electron chi connectivity index (χ1n) is 9.12. The number of halogens is 3. The van der Waals surface area contributed by atoms with Gasteiger partial charge in [-0.1, -0.05) is 42.5 Å². The summed E-state index contributed by atoms with van der Waals surface area (Å²) in [6.45, 7) is 2.37. The van der Waals surface area contributed by atoms with Crippen LogP contribution >= 0.6 is 11.3 Å². The molecule has 1 aliphatic heterocycles. The molecule has 0 saturated heterocycles. The standard InChI is InChI=1S/C21H18F3N3OS/c22-21(23,24)16-9-5-4-8-15(16)19(28)26-20-25-17-10-11-27(13-18(17)29-20)12-14-6-2-1-3-7-14/h1-9H,10-13H2,(H,25,26,28). The number of anilines is 1. The molecule has 0 bridgehead atoms. The van der Waals surface area contributed by atoms with Gasteiger partial charge in [0.05, 0.1) is 16.8 Å². The molecule has 0 saturated carbocycles. The first-order valence-corrected chi connectivity index (χ1v) is 9.94. The minimum absolute atomic E-state index is 0.332. The van der Waals surface area contributed by atoms with E-state index in [0.29, 0.717) is 11.7 Å². The molecular weight excluding hydrogens is 399 g/mol. The Bertz CT molecular complexity index is 1020. The third-order valence-corrected chi connectivity index (χ3v) is 5.75. The van der Waals surface area contributed by atoms with Crippen molar-refractivity contribution >= 4 is 22.4 Å². The number of hydrogen-bond acceptors (Lipinski definition) is 4. The van der Waals surface area contributed by atoms with Crippen LogP contribution in [-0.2, 0) is 25.7 Å². The summed E-state index contributed by atoms with van der Waals surface area (Å²) in [5, 5.41) is 2.87. The number of thiazole rings is 1. The summed E-state index contributed by atoms with van der Waals surface area (Å²) in [4.78, 5) is 20.2. The van der Waals surface area contributed by atoms with Gasteiger partial charge < -0.3 is 0 Å². The molecule has 0 unspecified atom stereocenters. The van der Waals surface area contributed by atoms with E-state index in [2.05, 4.69) is 27.3 Å². The largest absolute Gasteiger partial charge is 0.417 e. The van der Waals surface area contributed by atoms with Crippen molar-refractivity contribution in [2.75, 3.05) is 11.9 Å². The number of fused-ring (bicyclic) bond motifs is 1. The molecule has 4 rings (SSSR count). The third-order valence-electron chi connectivity index (χ3n) is 4.76. The van der Waals surface area contributed by atoms with Crippen LogP contribution in [0.15, 0.2) is 54.6 Å². The Hall–Kier alpha value is -2.71. The van der Waals surface area contributed by atoms with Crippen molar-refractivity contribution in [3.8, 4) is 0 Å². The Labute approximate surface area is 170 Å². The first kappa shape index (κ1) is 19.6. The number of nitrogens with zero attached hydrogens (tertiary/aromatic N) is 2. The molecule has 29 heavy (non-hydrogen) atoms. The maximum atomic E-state index is 13.2. The minimum atomic E-state index is -4.59. The second-order valence-corrected chi connectivity index (χ2v) is 7.92. The first-order chi connectivity index (χ1) is 13.9. The van der Waals surface area contributed by atoms with Gasteiger partial charge in [0.2, 0.25) is 0 Å². The number of alkyl halides is 3. The monoisotopic (exact) mass is 417 g/mol. The van der Waals surface area contributed by atoms with Crippen LogP contribution in [0.3, 0.4) is 0 Å². The van der Waals surface area contributed by atoms with E-state index in [9.17, 15) is 18.0 Å². The Morgan fingerprint density at radius 2 is 1.83 bits per heavy atom. The lowest BCUT2D eigenvalue weighted by Gasteiger charge is -2.25. The van der Waals surface area contributed by atoms with Crippen molar-refractivity contribution in [2.24, 2.45) is 0 Å². The number of carbonyl (C=O) groups is 1. The molecule has 1 N–H and O–H groups in total. The Morgan fingerprint density at radius 3 is 2.59 bits per heavy atom. The maximum Gasteiger partial charge on any atom is 0.417 e. The molecule has 1 aliphatic rings. The summed E-state index contributed by atoms with van der Waals surface area (Å²) in [6, 6.07) is 14.9. The van der Waals surface area contributed by atoms with Crippen molar-refractivity contribution in [3.05, 3.63) is 81.9 Å². The Kier molecular flexibility index (Phi) is 5.38. The van der Waals surface area contributed by atoms with Gasteiger partial charge in [0, 0.05) is 30.9 Å². The van der Waals surface area contributed by atoms with Gasteiger partial charge in [-0.25, -0.2) is 4.98 Å². The fourth-order valence-electron chi connectivity index (χ4n) is 3.37. The number of aromatic nitrogens is 1. The summed E-state index contributed by atoms with van der Waals surface area (Å²) >= 11 is 1.32. The summed E-state index contributed by atoms with van der Waals surface area (Å²) in [5.41, 5.74) is 0.767. The zero-order valence-electron chi connectivity index (χ0n) is 15.4. The van der Waals surface area contributed by atoms with Crippen LogP contribution in [0.5, 0.6) is 0 Å². The van der Waals surface area contributed by atoms with Crippen molar-refractivity contribution in [3.63, 3.8) is 0 Å². The Morgan fingerprint density at radius 1 is 1.10 bits per heavy atom. The summed E-state index contributed by atoms with van der Waals surface area (Å²) in [7, 11) is 0. The molecule has 0 atom stereocenters. The van der Waals surface area contributed by atoms with Gasteiger partial charge in [-0.2, -0.15) is 13.2 Å². The fourth-order valence-corrected chi connectivity index (χ4v) is 4.42. The highest BCUT2D eigenvalue weighted by atomic mass is 32.1. The van der Waals surface area contributed by atoms with Gasteiger partial charge in [-0.3, -0.25) is 15.0 Å². The molecular formula is C21H18F3N3OS. The van der Waals surface area contributed by atoms with Crippen LogP contribution in [0, 0.1) is 0 Å². The molecule has 0 radical (unpaired) electrons. The molecule has 0 spiro atoms. The molecule has 4 nitrogen and oxygen atoms in total. The number of carbonyl (C=O) groups excluding carboxylic acids is 1. The zero-order chi connectivity index (χ0) is 20.4. The van der Waals surface area contributed by atoms with E-state index in [1.807, 2.05) is 18.2 Å². The average Bonchev–Trinajstić information content (AvgIpc) is 3.09. The van der Waals surface area contributed by atoms with Crippen LogP contribution < -0.4 is 5.32 Å². The predicted molar refractivity (Wildman–Crippen MR) is 106 cm³/mol. The molecule has 0 fully saturated rings. The van der Waals surface area contributed by atoms with Crippen LogP contribution in [0.1, 0.15) is 32.1 Å². The topological polar surface area (TPSA) is 45.2 Å². The quantitative estimate of drug-likeness (QED) is 0.652. The van der Waals surface area contributed by atoms with Crippen molar-refractivity contribution in [1.29, 1.82) is 0 Å². The van der Waals surface area contributed by atoms with Gasteiger partial charge in [-0.15, -0.1) is 11.3 Å². The number of amides is 1. The van der Waals surface area contributed by atoms with Crippen LogP contribution in [0.2, 0.25) is 0 Å². The van der Waals surface area contributed by atoms with E-state index in [1.54, 1.807) is 0 Å². The van der Waals surface area contributed by atoms with Gasteiger partial charge in [0.15, 0.2) is 5.13 Å². The van der Waals surface area contributed by atoms with Gasteiger partial charge in [-0.05, 0) is 17.7 Å². The second kappa shape index (κ2) is 7.96. The normalized spacial score (nSPS) is 14.4. The highest BCUT2D eigenvalue weighted by Gasteiger charge is 2.35. The second-order valence-electron chi connectivity index (χ2n) is 6.83. The van der Waals surface area contributed by atoms with E-state index in [0.717, 1.165) is 36.1 Å². The number of hydrogen-bond donors (Lipinski definition) is 1. The third kappa shape index (κ3) is 4.49. The van der Waals surface area contributed by atoms with Crippen LogP contribution in [0.4, 0.5) is 18.3 Å². The van der Waals surface area contributed by atoms with E-state index in [4.69, 9.17) is 0 Å². The molecule has 3 aromatic rings. The van der Waals surface area contributed by atoms with Crippen molar-refractivity contribution < 1.29 is 18.0 Å². The minimum Gasteiger partial charge on any atom is -0.298 e. The summed E-state index contributed by atoms with van der Waals surface area (Å²) in [5.74, 6) is -0.801. The highest BCUT2D eigenvalue weighted by molar-refractivity contribution is 7.15. The highest BCUT2D eigenvalue weighted by Crippen LogP contribution is 2.33. The molecule has 1 amide bonds. The molecule has 8 heteroatoms. The Balaban J connectivity index is 1.47. The lowest BCUT2D eigenvalue weighted by atomic mass is 10.1. The van der Waals surface area contributed by atoms with Gasteiger partial charge in [0.25, 0.3) is 5.91 Å². The fraction of sp³-hybridized carbons (Fsp3) is 0.238. The van der Waals surface area contributed by atoms with Gasteiger partial charge >= 0.3 is 6.18 Å². The van der Waals surface area contributed by atoms with E-state index >= 15 is 0 Å². The van der Waals surface area contributed by atoms with E-state index in [1.165, 1.54) is 35.1 Å². The zero-order valence-corrected chi connectivity index (χ0v) is 16.2. The lowest BCUT2D eigenvalue weighted by molar-refractivity contribution is -0.137. The van der Waals surface area contributed by atoms with E-state index < -0.39 is 23.2 Å². The average molecular weight is 417 g/mol. The lowest BCUT2D eigenvalue weighted by Crippen LogP contribution is -2.29. The van der Waals surface area contributed by atoms with E-state index in [-0.39, 0.29) is 0 Å². The van der Waals surface area contributed by atoms with Gasteiger partial charge in [0.1, 0.15) is 0 Å². The molecule has 1 aromatic heterocycles. The summed E-state index contributed by atoms with van der Waals surface area (Å²) < 4.78 is 39.5. The van der Waals surface area contributed by atoms with Crippen molar-refractivity contribution in [1.82, 2.24) is 9.88 Å².